The molecule has 1 aliphatic heterocycles. The van der Waals surface area contributed by atoms with Gasteiger partial charge in [0.1, 0.15) is 24.1 Å². The number of nitrogens with one attached hydrogen (secondary N) is 2. The molecule has 14 heteroatoms. The molecular weight excluding hydrogens is 479 g/mol. The Morgan fingerprint density at radius 2 is 2.12 bits per heavy atom. The number of halogens is 4. The summed E-state index contributed by atoms with van der Waals surface area (Å²) in [5.74, 6) is -0.280. The molecular formula is C20H19ClF3N7O3. The van der Waals surface area contributed by atoms with Gasteiger partial charge in [0.05, 0.1) is 18.7 Å². The maximum Gasteiger partial charge on any atom is 0.409 e. The SMILES string of the molecule is COC(=O)N1CCN(c2ccnc(-c3c[nH]c4ncc(Cl)cc34)n2)[C@@H](C(=O)NCC(F)(F)F)C1. The number of pyridine rings is 1. The van der Waals surface area contributed by atoms with Gasteiger partial charge in [-0.2, -0.15) is 13.2 Å². The van der Waals surface area contributed by atoms with E-state index < -0.39 is 30.8 Å². The Kier molecular flexibility index (Phi) is 6.46. The van der Waals surface area contributed by atoms with Crippen molar-refractivity contribution in [2.75, 3.05) is 38.2 Å². The van der Waals surface area contributed by atoms with E-state index >= 15 is 0 Å². The highest BCUT2D eigenvalue weighted by molar-refractivity contribution is 6.31. The molecule has 1 aliphatic rings. The largest absolute Gasteiger partial charge is 0.453 e. The van der Waals surface area contributed by atoms with Crippen LogP contribution in [0, 0.1) is 0 Å². The van der Waals surface area contributed by atoms with Gasteiger partial charge in [-0.1, -0.05) is 11.6 Å². The molecule has 0 spiro atoms. The normalized spacial score (nSPS) is 16.6. The Morgan fingerprint density at radius 1 is 1.32 bits per heavy atom. The quantitative estimate of drug-likeness (QED) is 0.569. The highest BCUT2D eigenvalue weighted by Crippen LogP contribution is 2.29. The molecule has 4 rings (SSSR count). The van der Waals surface area contributed by atoms with E-state index in [0.29, 0.717) is 33.3 Å². The Bertz CT molecular complexity index is 1220. The second-order valence-electron chi connectivity index (χ2n) is 7.45. The number of hydrogen-bond donors (Lipinski definition) is 2. The second kappa shape index (κ2) is 9.33. The van der Waals surface area contributed by atoms with Gasteiger partial charge in [-0.05, 0) is 12.1 Å². The number of aromatic nitrogens is 4. The van der Waals surface area contributed by atoms with Crippen LogP contribution in [0.2, 0.25) is 5.02 Å². The molecule has 0 radical (unpaired) electrons. The number of carbonyl (C=O) groups is 2. The van der Waals surface area contributed by atoms with Gasteiger partial charge in [-0.3, -0.25) is 4.79 Å². The van der Waals surface area contributed by atoms with E-state index in [9.17, 15) is 22.8 Å². The molecule has 34 heavy (non-hydrogen) atoms. The van der Waals surface area contributed by atoms with Crippen LogP contribution in [-0.2, 0) is 9.53 Å². The van der Waals surface area contributed by atoms with Crippen molar-refractivity contribution in [3.8, 4) is 11.4 Å². The minimum atomic E-state index is -4.58. The predicted molar refractivity (Wildman–Crippen MR) is 116 cm³/mol. The van der Waals surface area contributed by atoms with Crippen molar-refractivity contribution in [3.63, 3.8) is 0 Å². The number of H-pyrrole nitrogens is 1. The van der Waals surface area contributed by atoms with Crippen molar-refractivity contribution in [2.24, 2.45) is 0 Å². The molecule has 1 fully saturated rings. The smallest absolute Gasteiger partial charge is 0.409 e. The highest BCUT2D eigenvalue weighted by atomic mass is 35.5. The van der Waals surface area contributed by atoms with E-state index in [0.717, 1.165) is 0 Å². The van der Waals surface area contributed by atoms with Crippen LogP contribution in [0.1, 0.15) is 0 Å². The monoisotopic (exact) mass is 497 g/mol. The molecule has 3 aromatic rings. The number of carbonyl (C=O) groups excluding carboxylic acids is 2. The third kappa shape index (κ3) is 4.98. The lowest BCUT2D eigenvalue weighted by atomic mass is 10.1. The van der Waals surface area contributed by atoms with E-state index in [1.807, 2.05) is 5.32 Å². The first kappa shape index (κ1) is 23.5. The number of aromatic amines is 1. The average Bonchev–Trinajstić information content (AvgIpc) is 3.24. The van der Waals surface area contributed by atoms with Crippen molar-refractivity contribution >= 4 is 40.5 Å². The number of anilines is 1. The molecule has 1 saturated heterocycles. The topological polar surface area (TPSA) is 116 Å². The summed E-state index contributed by atoms with van der Waals surface area (Å²) in [5.41, 5.74) is 1.18. The standard InChI is InChI=1S/C20H19ClF3N7O3/c1-34-19(33)30-4-5-31(14(9-30)18(32)28-10-20(22,23)24)15-2-3-25-17(29-15)13-8-27-16-12(13)6-11(21)7-26-16/h2-3,6-8,14H,4-5,9-10H2,1H3,(H,26,27)(H,28,32)/t14-/m1/s1. The third-order valence-corrected chi connectivity index (χ3v) is 5.46. The number of methoxy groups -OCH3 is 1. The fourth-order valence-corrected chi connectivity index (χ4v) is 3.84. The van der Waals surface area contributed by atoms with E-state index in [2.05, 4.69) is 19.9 Å². The van der Waals surface area contributed by atoms with Crippen molar-refractivity contribution in [3.05, 3.63) is 35.7 Å². The Labute approximate surface area is 196 Å². The minimum absolute atomic E-state index is 0.136. The maximum absolute atomic E-state index is 12.7. The van der Waals surface area contributed by atoms with Crippen molar-refractivity contribution < 1.29 is 27.5 Å². The number of rotatable bonds is 4. The fourth-order valence-electron chi connectivity index (χ4n) is 3.68. The summed E-state index contributed by atoms with van der Waals surface area (Å²) in [5, 5.41) is 2.99. The summed E-state index contributed by atoms with van der Waals surface area (Å²) in [6.45, 7) is -1.35. The summed E-state index contributed by atoms with van der Waals surface area (Å²) in [7, 11) is 1.19. The van der Waals surface area contributed by atoms with Gasteiger partial charge in [-0.25, -0.2) is 19.7 Å². The number of hydrogen-bond acceptors (Lipinski definition) is 7. The van der Waals surface area contributed by atoms with Gasteiger partial charge in [-0.15, -0.1) is 0 Å². The lowest BCUT2D eigenvalue weighted by molar-refractivity contribution is -0.139. The van der Waals surface area contributed by atoms with E-state index in [-0.39, 0.29) is 19.6 Å². The van der Waals surface area contributed by atoms with Gasteiger partial charge < -0.3 is 24.8 Å². The summed E-state index contributed by atoms with van der Waals surface area (Å²) < 4.78 is 42.7. The first-order valence-corrected chi connectivity index (χ1v) is 10.4. The van der Waals surface area contributed by atoms with Crippen LogP contribution in [0.3, 0.4) is 0 Å². The molecule has 180 valence electrons. The predicted octanol–water partition coefficient (Wildman–Crippen LogP) is 2.61. The number of ether oxygens (including phenoxy) is 1. The summed E-state index contributed by atoms with van der Waals surface area (Å²) in [4.78, 5) is 43.5. The zero-order valence-electron chi connectivity index (χ0n) is 17.8. The molecule has 0 aromatic carbocycles. The molecule has 10 nitrogen and oxygen atoms in total. The van der Waals surface area contributed by atoms with Crippen LogP contribution in [0.25, 0.3) is 22.4 Å². The fraction of sp³-hybridized carbons (Fsp3) is 0.350. The van der Waals surface area contributed by atoms with Crippen LogP contribution in [0.4, 0.5) is 23.8 Å². The Morgan fingerprint density at radius 3 is 2.85 bits per heavy atom. The molecule has 0 aliphatic carbocycles. The Balaban J connectivity index is 1.66. The van der Waals surface area contributed by atoms with Crippen molar-refractivity contribution in [1.82, 2.24) is 30.2 Å². The number of piperazine rings is 1. The van der Waals surface area contributed by atoms with Crippen molar-refractivity contribution in [2.45, 2.75) is 12.2 Å². The van der Waals surface area contributed by atoms with E-state index in [1.54, 1.807) is 18.3 Å². The van der Waals surface area contributed by atoms with E-state index in [4.69, 9.17) is 16.3 Å². The lowest BCUT2D eigenvalue weighted by Gasteiger charge is -2.40. The van der Waals surface area contributed by atoms with Crippen LogP contribution >= 0.6 is 11.6 Å². The molecule has 2 N–H and O–H groups in total. The Hall–Kier alpha value is -3.61. The summed E-state index contributed by atoms with van der Waals surface area (Å²) in [6, 6.07) is 2.12. The van der Waals surface area contributed by atoms with Crippen LogP contribution < -0.4 is 10.2 Å². The molecule has 2 amide bonds. The highest BCUT2D eigenvalue weighted by Gasteiger charge is 2.37. The first-order chi connectivity index (χ1) is 16.2. The summed E-state index contributed by atoms with van der Waals surface area (Å²) >= 11 is 6.06. The number of nitrogens with zero attached hydrogens (tertiary/aromatic N) is 5. The molecule has 1 atom stereocenters. The summed E-state index contributed by atoms with van der Waals surface area (Å²) in [6.07, 6.45) is -0.627. The lowest BCUT2D eigenvalue weighted by Crippen LogP contribution is -2.61. The van der Waals surface area contributed by atoms with E-state index in [1.165, 1.54) is 29.3 Å². The van der Waals surface area contributed by atoms with Crippen LogP contribution in [0.5, 0.6) is 0 Å². The third-order valence-electron chi connectivity index (χ3n) is 5.25. The zero-order chi connectivity index (χ0) is 24.5. The molecule has 3 aromatic heterocycles. The molecule has 0 bridgehead atoms. The molecule has 4 heterocycles. The number of alkyl halides is 3. The average molecular weight is 498 g/mol. The van der Waals surface area contributed by atoms with Crippen molar-refractivity contribution in [1.29, 1.82) is 0 Å². The van der Waals surface area contributed by atoms with Gasteiger partial charge in [0.15, 0.2) is 5.82 Å². The number of amides is 2. The molecule has 0 saturated carbocycles. The number of fused-ring (bicyclic) bond motifs is 1. The zero-order valence-corrected chi connectivity index (χ0v) is 18.5. The van der Waals surface area contributed by atoms with Gasteiger partial charge in [0.25, 0.3) is 0 Å². The first-order valence-electron chi connectivity index (χ1n) is 10.1. The minimum Gasteiger partial charge on any atom is -0.453 e. The van der Waals surface area contributed by atoms with Crippen LogP contribution in [-0.4, -0.2) is 82.3 Å². The van der Waals surface area contributed by atoms with Gasteiger partial charge >= 0.3 is 12.3 Å². The van der Waals surface area contributed by atoms with Crippen LogP contribution in [0.15, 0.2) is 30.7 Å². The van der Waals surface area contributed by atoms with Gasteiger partial charge in [0, 0.05) is 42.6 Å². The second-order valence-corrected chi connectivity index (χ2v) is 7.89. The van der Waals surface area contributed by atoms with Gasteiger partial charge in [0.2, 0.25) is 5.91 Å². The maximum atomic E-state index is 12.7. The molecule has 0 unspecified atom stereocenters.